The van der Waals surface area contributed by atoms with E-state index >= 15 is 0 Å². The minimum Gasteiger partial charge on any atom is -0.376 e. The second kappa shape index (κ2) is 7.31. The molecule has 4 aliphatic heterocycles. The first-order valence-corrected chi connectivity index (χ1v) is 11.1. The Morgan fingerprint density at radius 1 is 1.25 bits per heavy atom. The van der Waals surface area contributed by atoms with Gasteiger partial charge in [0.15, 0.2) is 0 Å². The highest BCUT2D eigenvalue weighted by Gasteiger charge is 2.37. The van der Waals surface area contributed by atoms with E-state index < -0.39 is 0 Å². The van der Waals surface area contributed by atoms with E-state index in [2.05, 4.69) is 11.0 Å². The lowest BCUT2D eigenvalue weighted by Crippen LogP contribution is -2.45. The Morgan fingerprint density at radius 2 is 2.14 bits per heavy atom. The van der Waals surface area contributed by atoms with E-state index in [0.29, 0.717) is 27.6 Å². The lowest BCUT2D eigenvalue weighted by molar-refractivity contribution is -0.123. The Kier molecular flexibility index (Phi) is 4.80. The highest BCUT2D eigenvalue weighted by atomic mass is 32.2. The van der Waals surface area contributed by atoms with Crippen LogP contribution in [0.25, 0.3) is 0 Å². The van der Waals surface area contributed by atoms with Crippen molar-refractivity contribution in [3.63, 3.8) is 0 Å². The lowest BCUT2D eigenvalue weighted by atomic mass is 9.83. The van der Waals surface area contributed by atoms with Crippen molar-refractivity contribution in [1.29, 1.82) is 0 Å². The molecule has 8 heteroatoms. The van der Waals surface area contributed by atoms with Crippen LogP contribution in [0.2, 0.25) is 0 Å². The van der Waals surface area contributed by atoms with Crippen molar-refractivity contribution in [1.82, 2.24) is 14.4 Å². The zero-order chi connectivity index (χ0) is 19.3. The van der Waals surface area contributed by atoms with Crippen molar-refractivity contribution >= 4 is 34.2 Å². The van der Waals surface area contributed by atoms with E-state index in [9.17, 15) is 9.59 Å². The second-order valence-corrected chi connectivity index (χ2v) is 9.74. The topological polar surface area (TPSA) is 54.8 Å². The predicted molar refractivity (Wildman–Crippen MR) is 112 cm³/mol. The van der Waals surface area contributed by atoms with E-state index in [1.54, 1.807) is 11.0 Å². The molecule has 5 heterocycles. The third kappa shape index (κ3) is 3.31. The van der Waals surface area contributed by atoms with Crippen LogP contribution in [0.5, 0.6) is 0 Å². The summed E-state index contributed by atoms with van der Waals surface area (Å²) >= 11 is 6.85. The summed E-state index contributed by atoms with van der Waals surface area (Å²) in [5.41, 5.74) is 1.21. The molecule has 0 aliphatic carbocycles. The molecular formula is C20H23N3O3S2. The number of ether oxygens (including phenoxy) is 1. The van der Waals surface area contributed by atoms with E-state index in [1.807, 2.05) is 16.8 Å². The molecule has 6 nitrogen and oxygen atoms in total. The number of fused-ring (bicyclic) bond motifs is 4. The first kappa shape index (κ1) is 18.4. The number of amides is 1. The van der Waals surface area contributed by atoms with E-state index in [1.165, 1.54) is 11.8 Å². The van der Waals surface area contributed by atoms with Crippen LogP contribution in [-0.2, 0) is 16.1 Å². The quantitative estimate of drug-likeness (QED) is 0.555. The van der Waals surface area contributed by atoms with Crippen molar-refractivity contribution in [2.45, 2.75) is 37.8 Å². The Morgan fingerprint density at radius 3 is 2.96 bits per heavy atom. The Hall–Kier alpha value is -1.64. The van der Waals surface area contributed by atoms with Gasteiger partial charge in [0.1, 0.15) is 4.32 Å². The normalized spacial score (nSPS) is 31.0. The molecule has 3 fully saturated rings. The number of thioether (sulfide) groups is 1. The summed E-state index contributed by atoms with van der Waals surface area (Å²) in [5, 5.41) is 0. The van der Waals surface area contributed by atoms with Crippen LogP contribution < -0.4 is 5.56 Å². The smallest absolute Gasteiger partial charge is 0.267 e. The van der Waals surface area contributed by atoms with Crippen molar-refractivity contribution in [2.75, 3.05) is 26.2 Å². The lowest BCUT2D eigenvalue weighted by Gasteiger charge is -2.42. The second-order valence-electron chi connectivity index (χ2n) is 8.06. The average Bonchev–Trinajstić information content (AvgIpc) is 3.27. The number of pyridine rings is 1. The van der Waals surface area contributed by atoms with Crippen LogP contribution in [0.3, 0.4) is 0 Å². The maximum Gasteiger partial charge on any atom is 0.267 e. The zero-order valence-electron chi connectivity index (χ0n) is 15.6. The first-order valence-electron chi connectivity index (χ1n) is 9.89. The molecule has 3 atom stereocenters. The van der Waals surface area contributed by atoms with E-state index in [0.717, 1.165) is 51.2 Å². The Bertz CT molecular complexity index is 906. The number of rotatable bonds is 3. The number of aromatic nitrogens is 1. The third-order valence-electron chi connectivity index (χ3n) is 6.09. The SMILES string of the molecule is O=C1/C(=C/N2C[C@H]3C[C@H](C2)c2cccc(=O)n2C3)SC(=S)N1CC1CCCO1. The molecule has 2 bridgehead atoms. The fourth-order valence-corrected chi connectivity index (χ4v) is 6.13. The average molecular weight is 418 g/mol. The number of thiocarbonyl (C=S) groups is 1. The zero-order valence-corrected chi connectivity index (χ0v) is 17.2. The fraction of sp³-hybridized carbons (Fsp3) is 0.550. The number of piperidine rings is 1. The highest BCUT2D eigenvalue weighted by Crippen LogP contribution is 2.37. The van der Waals surface area contributed by atoms with Gasteiger partial charge in [-0.3, -0.25) is 14.5 Å². The number of carbonyl (C=O) groups is 1. The molecule has 148 valence electrons. The summed E-state index contributed by atoms with van der Waals surface area (Å²) < 4.78 is 8.22. The summed E-state index contributed by atoms with van der Waals surface area (Å²) in [6.07, 6.45) is 5.24. The monoisotopic (exact) mass is 417 g/mol. The molecule has 28 heavy (non-hydrogen) atoms. The summed E-state index contributed by atoms with van der Waals surface area (Å²) in [6.45, 7) is 3.79. The van der Waals surface area contributed by atoms with Gasteiger partial charge < -0.3 is 14.2 Å². The van der Waals surface area contributed by atoms with Gasteiger partial charge in [-0.2, -0.15) is 0 Å². The predicted octanol–water partition coefficient (Wildman–Crippen LogP) is 2.15. The molecule has 1 aromatic heterocycles. The van der Waals surface area contributed by atoms with Crippen molar-refractivity contribution < 1.29 is 9.53 Å². The number of nitrogens with zero attached hydrogens (tertiary/aromatic N) is 3. The van der Waals surface area contributed by atoms with Crippen molar-refractivity contribution in [3.8, 4) is 0 Å². The van der Waals surface area contributed by atoms with Crippen LogP contribution in [-0.4, -0.2) is 56.9 Å². The van der Waals surface area contributed by atoms with Crippen molar-refractivity contribution in [3.05, 3.63) is 45.4 Å². The molecule has 1 unspecified atom stereocenters. The summed E-state index contributed by atoms with van der Waals surface area (Å²) in [5.74, 6) is 0.757. The van der Waals surface area contributed by atoms with Crippen LogP contribution in [0.15, 0.2) is 34.1 Å². The summed E-state index contributed by atoms with van der Waals surface area (Å²) in [6, 6.07) is 5.55. The van der Waals surface area contributed by atoms with Gasteiger partial charge in [0.25, 0.3) is 11.5 Å². The molecular weight excluding hydrogens is 394 g/mol. The molecule has 0 saturated carbocycles. The minimum atomic E-state index is -0.00199. The van der Waals surface area contributed by atoms with Crippen LogP contribution >= 0.6 is 24.0 Å². The largest absolute Gasteiger partial charge is 0.376 e. The molecule has 0 aromatic carbocycles. The van der Waals surface area contributed by atoms with Gasteiger partial charge in [-0.15, -0.1) is 0 Å². The number of likely N-dealkylation sites (tertiary alicyclic amines) is 1. The molecule has 1 amide bonds. The van der Waals surface area contributed by atoms with Gasteiger partial charge in [0.2, 0.25) is 0 Å². The minimum absolute atomic E-state index is 0.00199. The molecule has 0 spiro atoms. The van der Waals surface area contributed by atoms with Gasteiger partial charge in [-0.05, 0) is 31.2 Å². The van der Waals surface area contributed by atoms with Crippen LogP contribution in [0, 0.1) is 5.92 Å². The maximum atomic E-state index is 12.9. The molecule has 4 aliphatic rings. The first-order chi connectivity index (χ1) is 13.6. The molecule has 0 radical (unpaired) electrons. The molecule has 3 saturated heterocycles. The van der Waals surface area contributed by atoms with E-state index in [4.69, 9.17) is 17.0 Å². The van der Waals surface area contributed by atoms with Crippen LogP contribution in [0.1, 0.15) is 30.9 Å². The highest BCUT2D eigenvalue weighted by molar-refractivity contribution is 8.26. The number of hydrogen-bond donors (Lipinski definition) is 0. The van der Waals surface area contributed by atoms with Gasteiger partial charge >= 0.3 is 0 Å². The van der Waals surface area contributed by atoms with Gasteiger partial charge in [-0.25, -0.2) is 0 Å². The van der Waals surface area contributed by atoms with Crippen LogP contribution in [0.4, 0.5) is 0 Å². The Balaban J connectivity index is 1.32. The van der Waals surface area contributed by atoms with Gasteiger partial charge in [0, 0.05) is 50.1 Å². The fourth-order valence-electron chi connectivity index (χ4n) is 4.84. The summed E-state index contributed by atoms with van der Waals surface area (Å²) in [7, 11) is 0. The molecule has 5 rings (SSSR count). The maximum absolute atomic E-state index is 12.9. The standard InChI is InChI=1S/C20H23N3O3S2/c24-18-5-1-4-16-14-7-13(9-22(16)18)8-21(10-14)12-17-19(25)23(20(27)28-17)11-15-3-2-6-26-15/h1,4-5,12-15H,2-3,6-11H2/b17-12-/t13-,14-,15?/m1/s1. The Labute approximate surface area is 173 Å². The van der Waals surface area contributed by atoms with Crippen molar-refractivity contribution in [2.24, 2.45) is 5.92 Å². The molecule has 0 N–H and O–H groups in total. The number of carbonyl (C=O) groups excluding carboxylic acids is 1. The van der Waals surface area contributed by atoms with Gasteiger partial charge in [-0.1, -0.05) is 30.0 Å². The van der Waals surface area contributed by atoms with E-state index in [-0.39, 0.29) is 17.6 Å². The molecule has 1 aromatic rings. The van der Waals surface area contributed by atoms with Gasteiger partial charge in [0.05, 0.1) is 17.6 Å². The number of hydrogen-bond acceptors (Lipinski definition) is 6. The summed E-state index contributed by atoms with van der Waals surface area (Å²) in [4.78, 5) is 29.7. The third-order valence-corrected chi connectivity index (χ3v) is 7.46.